The summed E-state index contributed by atoms with van der Waals surface area (Å²) in [5.74, 6) is -1.10. The van der Waals surface area contributed by atoms with E-state index in [0.29, 0.717) is 5.56 Å². The number of halogens is 3. The van der Waals surface area contributed by atoms with Gasteiger partial charge in [0.2, 0.25) is 0 Å². The zero-order valence-electron chi connectivity index (χ0n) is 10.3. The fourth-order valence-electron chi connectivity index (χ4n) is 1.63. The fraction of sp³-hybridized carbons (Fsp3) is 0.0769. The molecular formula is C13H10ClF2NO2S. The maximum Gasteiger partial charge on any atom is 0.263 e. The molecule has 0 aliphatic heterocycles. The van der Waals surface area contributed by atoms with Crippen molar-refractivity contribution in [2.24, 2.45) is 0 Å². The number of nitrogens with one attached hydrogen (secondary N) is 1. The Morgan fingerprint density at radius 3 is 2.25 bits per heavy atom. The van der Waals surface area contributed by atoms with E-state index in [1.807, 2.05) is 0 Å². The largest absolute Gasteiger partial charge is 0.279 e. The average molecular weight is 318 g/mol. The molecule has 106 valence electrons. The quantitative estimate of drug-likeness (QED) is 0.937. The van der Waals surface area contributed by atoms with Crippen LogP contribution in [-0.4, -0.2) is 8.42 Å². The van der Waals surface area contributed by atoms with Crippen LogP contribution in [-0.2, 0) is 10.0 Å². The van der Waals surface area contributed by atoms with Gasteiger partial charge in [-0.15, -0.1) is 0 Å². The Morgan fingerprint density at radius 1 is 1.05 bits per heavy atom. The smallest absolute Gasteiger partial charge is 0.263 e. The minimum atomic E-state index is -3.97. The average Bonchev–Trinajstić information content (AvgIpc) is 2.32. The second kappa shape index (κ2) is 5.38. The van der Waals surface area contributed by atoms with E-state index in [1.54, 1.807) is 6.92 Å². The summed E-state index contributed by atoms with van der Waals surface area (Å²) in [4.78, 5) is -0.246. The van der Waals surface area contributed by atoms with Crippen molar-refractivity contribution in [1.82, 2.24) is 0 Å². The summed E-state index contributed by atoms with van der Waals surface area (Å²) < 4.78 is 52.5. The van der Waals surface area contributed by atoms with Crippen molar-refractivity contribution >= 4 is 27.3 Å². The Labute approximate surface area is 120 Å². The van der Waals surface area contributed by atoms with Crippen LogP contribution in [0.25, 0.3) is 0 Å². The predicted octanol–water partition coefficient (Wildman–Crippen LogP) is 3.73. The van der Waals surface area contributed by atoms with Crippen molar-refractivity contribution in [3.05, 3.63) is 58.6 Å². The topological polar surface area (TPSA) is 46.2 Å². The normalized spacial score (nSPS) is 11.4. The molecule has 2 aromatic rings. The van der Waals surface area contributed by atoms with E-state index in [9.17, 15) is 17.2 Å². The lowest BCUT2D eigenvalue weighted by molar-refractivity contribution is 0.599. The first kappa shape index (κ1) is 14.7. The molecule has 0 saturated heterocycles. The molecule has 2 aromatic carbocycles. The van der Waals surface area contributed by atoms with E-state index >= 15 is 0 Å². The fourth-order valence-corrected chi connectivity index (χ4v) is 3.30. The SMILES string of the molecule is Cc1cc(F)ccc1NS(=O)(=O)c1ccc(F)cc1Cl. The van der Waals surface area contributed by atoms with Crippen LogP contribution in [0.2, 0.25) is 5.02 Å². The number of hydrogen-bond acceptors (Lipinski definition) is 2. The molecule has 0 atom stereocenters. The number of anilines is 1. The molecule has 0 aliphatic carbocycles. The van der Waals surface area contributed by atoms with Crippen LogP contribution in [0.4, 0.5) is 14.5 Å². The lowest BCUT2D eigenvalue weighted by Gasteiger charge is -2.11. The third-order valence-corrected chi connectivity index (χ3v) is 4.46. The van der Waals surface area contributed by atoms with Gasteiger partial charge in [-0.05, 0) is 48.9 Å². The van der Waals surface area contributed by atoms with Gasteiger partial charge in [-0.2, -0.15) is 0 Å². The van der Waals surface area contributed by atoms with Crippen molar-refractivity contribution in [2.75, 3.05) is 4.72 Å². The van der Waals surface area contributed by atoms with Crippen molar-refractivity contribution in [3.8, 4) is 0 Å². The highest BCUT2D eigenvalue weighted by Gasteiger charge is 2.19. The summed E-state index contributed by atoms with van der Waals surface area (Å²) in [7, 11) is -3.97. The maximum atomic E-state index is 13.0. The standard InChI is InChI=1S/C13H10ClF2NO2S/c1-8-6-9(15)2-4-12(8)17-20(18,19)13-5-3-10(16)7-11(13)14/h2-7,17H,1H3. The first-order chi connectivity index (χ1) is 9.29. The van der Waals surface area contributed by atoms with E-state index in [2.05, 4.69) is 4.72 Å². The lowest BCUT2D eigenvalue weighted by Crippen LogP contribution is -2.14. The number of aryl methyl sites for hydroxylation is 1. The molecule has 0 spiro atoms. The van der Waals surface area contributed by atoms with Crippen molar-refractivity contribution in [3.63, 3.8) is 0 Å². The second-order valence-electron chi connectivity index (χ2n) is 4.14. The monoisotopic (exact) mass is 317 g/mol. The van der Waals surface area contributed by atoms with Crippen molar-refractivity contribution < 1.29 is 17.2 Å². The molecule has 3 nitrogen and oxygen atoms in total. The van der Waals surface area contributed by atoms with Gasteiger partial charge in [0.25, 0.3) is 10.0 Å². The molecule has 0 aliphatic rings. The highest BCUT2D eigenvalue weighted by atomic mass is 35.5. The summed E-state index contributed by atoms with van der Waals surface area (Å²) in [6.07, 6.45) is 0. The van der Waals surface area contributed by atoms with E-state index in [0.717, 1.165) is 24.3 Å². The van der Waals surface area contributed by atoms with Crippen molar-refractivity contribution in [2.45, 2.75) is 11.8 Å². The summed E-state index contributed by atoms with van der Waals surface area (Å²) in [6.45, 7) is 1.56. The van der Waals surface area contributed by atoms with Crippen LogP contribution in [0.1, 0.15) is 5.56 Å². The molecule has 0 aromatic heterocycles. The zero-order chi connectivity index (χ0) is 14.9. The van der Waals surface area contributed by atoms with E-state index in [4.69, 9.17) is 11.6 Å². The number of sulfonamides is 1. The molecule has 20 heavy (non-hydrogen) atoms. The van der Waals surface area contributed by atoms with Gasteiger partial charge in [0, 0.05) is 0 Å². The summed E-state index contributed by atoms with van der Waals surface area (Å²) >= 11 is 5.73. The molecular weight excluding hydrogens is 308 g/mol. The van der Waals surface area contributed by atoms with Gasteiger partial charge in [0.1, 0.15) is 16.5 Å². The van der Waals surface area contributed by atoms with Crippen LogP contribution >= 0.6 is 11.6 Å². The van der Waals surface area contributed by atoms with Gasteiger partial charge in [-0.3, -0.25) is 4.72 Å². The summed E-state index contributed by atoms with van der Waals surface area (Å²) in [6, 6.07) is 6.62. The molecule has 0 unspecified atom stereocenters. The third kappa shape index (κ3) is 3.08. The van der Waals surface area contributed by atoms with Crippen LogP contribution < -0.4 is 4.72 Å². The molecule has 0 amide bonds. The Kier molecular flexibility index (Phi) is 3.96. The summed E-state index contributed by atoms with van der Waals surface area (Å²) in [5.41, 5.74) is 0.651. The Hall–Kier alpha value is -1.66. The zero-order valence-corrected chi connectivity index (χ0v) is 11.9. The highest BCUT2D eigenvalue weighted by molar-refractivity contribution is 7.92. The van der Waals surface area contributed by atoms with Crippen LogP contribution in [0.15, 0.2) is 41.3 Å². The highest BCUT2D eigenvalue weighted by Crippen LogP contribution is 2.26. The molecule has 0 bridgehead atoms. The first-order valence-electron chi connectivity index (χ1n) is 5.53. The van der Waals surface area contributed by atoms with Gasteiger partial charge in [-0.25, -0.2) is 17.2 Å². The molecule has 7 heteroatoms. The number of benzene rings is 2. The molecule has 0 radical (unpaired) electrons. The molecule has 1 N–H and O–H groups in total. The van der Waals surface area contributed by atoms with Crippen LogP contribution in [0, 0.1) is 18.6 Å². The predicted molar refractivity (Wildman–Crippen MR) is 73.4 cm³/mol. The minimum Gasteiger partial charge on any atom is -0.279 e. The molecule has 2 rings (SSSR count). The van der Waals surface area contributed by atoms with E-state index < -0.39 is 21.7 Å². The maximum absolute atomic E-state index is 13.0. The van der Waals surface area contributed by atoms with Gasteiger partial charge >= 0.3 is 0 Å². The van der Waals surface area contributed by atoms with Crippen LogP contribution in [0.5, 0.6) is 0 Å². The number of hydrogen-bond donors (Lipinski definition) is 1. The number of rotatable bonds is 3. The van der Waals surface area contributed by atoms with Gasteiger partial charge in [0.05, 0.1) is 10.7 Å². The Morgan fingerprint density at radius 2 is 1.65 bits per heavy atom. The first-order valence-corrected chi connectivity index (χ1v) is 7.40. The van der Waals surface area contributed by atoms with Gasteiger partial charge in [-0.1, -0.05) is 11.6 Å². The Bertz CT molecular complexity index is 763. The third-order valence-electron chi connectivity index (χ3n) is 2.62. The van der Waals surface area contributed by atoms with E-state index in [1.165, 1.54) is 12.1 Å². The minimum absolute atomic E-state index is 0.225. The van der Waals surface area contributed by atoms with Gasteiger partial charge in [0.15, 0.2) is 0 Å². The molecule has 0 heterocycles. The molecule has 0 fully saturated rings. The Balaban J connectivity index is 2.41. The van der Waals surface area contributed by atoms with Gasteiger partial charge < -0.3 is 0 Å². The molecule has 0 saturated carbocycles. The van der Waals surface area contributed by atoms with Crippen LogP contribution in [0.3, 0.4) is 0 Å². The summed E-state index contributed by atoms with van der Waals surface area (Å²) in [5, 5.41) is -0.225. The van der Waals surface area contributed by atoms with Crippen molar-refractivity contribution in [1.29, 1.82) is 0 Å². The lowest BCUT2D eigenvalue weighted by atomic mass is 10.2. The second-order valence-corrected chi connectivity index (χ2v) is 6.20. The van der Waals surface area contributed by atoms with E-state index in [-0.39, 0.29) is 15.6 Å².